The number of rotatable bonds is 2. The minimum Gasteiger partial charge on any atom is -0.496 e. The molecule has 8 bridgehead atoms. The third kappa shape index (κ3) is 2.28. The summed E-state index contributed by atoms with van der Waals surface area (Å²) in [5.74, 6) is 16.0. The molecule has 12 rings (SSSR count). The van der Waals surface area contributed by atoms with Crippen molar-refractivity contribution in [3.05, 3.63) is 35.4 Å². The first kappa shape index (κ1) is 22.6. The molecule has 0 N–H and O–H groups in total. The fraction of sp³-hybridized carbons (Fsp3) is 0.703. The van der Waals surface area contributed by atoms with Crippen LogP contribution in [0.15, 0.2) is 24.3 Å². The Bertz CT molecular complexity index is 1390. The average Bonchev–Trinajstić information content (AvgIpc) is 3.83. The lowest BCUT2D eigenvalue weighted by Gasteiger charge is -2.58. The third-order valence-electron chi connectivity index (χ3n) is 15.9. The zero-order chi connectivity index (χ0) is 26.2. The van der Waals surface area contributed by atoms with E-state index in [2.05, 4.69) is 24.3 Å². The zero-order valence-electron chi connectivity index (χ0n) is 23.9. The van der Waals surface area contributed by atoms with Crippen molar-refractivity contribution in [1.82, 2.24) is 0 Å². The molecule has 0 amide bonds. The lowest BCUT2D eigenvalue weighted by Crippen LogP contribution is -2.51. The summed E-state index contributed by atoms with van der Waals surface area (Å²) in [6, 6.07) is 8.81. The summed E-state index contributed by atoms with van der Waals surface area (Å²) in [5.41, 5.74) is 3.08. The van der Waals surface area contributed by atoms with Crippen LogP contribution in [-0.2, 0) is 4.79 Å². The summed E-state index contributed by atoms with van der Waals surface area (Å²) in [7, 11) is 3.80. The van der Waals surface area contributed by atoms with Gasteiger partial charge in [0.1, 0.15) is 17.3 Å². The van der Waals surface area contributed by atoms with Crippen LogP contribution in [0.3, 0.4) is 0 Å². The predicted molar refractivity (Wildman–Crippen MR) is 153 cm³/mol. The smallest absolute Gasteiger partial charge is 0.139 e. The highest BCUT2D eigenvalue weighted by molar-refractivity contribution is 5.97. The molecule has 2 aromatic rings. The van der Waals surface area contributed by atoms with Crippen LogP contribution >= 0.6 is 0 Å². The number of ether oxygens (including phenoxy) is 2. The van der Waals surface area contributed by atoms with Gasteiger partial charge in [0.2, 0.25) is 0 Å². The van der Waals surface area contributed by atoms with Gasteiger partial charge in [-0.25, -0.2) is 0 Å². The van der Waals surface area contributed by atoms with Crippen molar-refractivity contribution >= 4 is 16.6 Å². The number of hydrogen-bond acceptors (Lipinski definition) is 3. The van der Waals surface area contributed by atoms with Gasteiger partial charge in [-0.05, 0) is 134 Å². The normalized spacial score (nSPS) is 53.0. The number of carbonyl (C=O) groups is 1. The summed E-state index contributed by atoms with van der Waals surface area (Å²) in [5, 5.41) is 2.48. The van der Waals surface area contributed by atoms with Gasteiger partial charge in [0.05, 0.1) is 14.2 Å². The van der Waals surface area contributed by atoms with E-state index in [0.717, 1.165) is 82.5 Å². The van der Waals surface area contributed by atoms with E-state index < -0.39 is 0 Å². The van der Waals surface area contributed by atoms with Crippen molar-refractivity contribution in [2.24, 2.45) is 82.9 Å². The lowest BCUT2D eigenvalue weighted by atomic mass is 9.46. The van der Waals surface area contributed by atoms with Crippen LogP contribution in [-0.4, -0.2) is 20.0 Å². The molecule has 3 nitrogen and oxygen atoms in total. The molecule has 0 aliphatic heterocycles. The highest BCUT2D eigenvalue weighted by Crippen LogP contribution is 2.79. The molecule has 10 aliphatic carbocycles. The Morgan fingerprint density at radius 1 is 0.525 bits per heavy atom. The summed E-state index contributed by atoms with van der Waals surface area (Å²) >= 11 is 0. The van der Waals surface area contributed by atoms with Gasteiger partial charge >= 0.3 is 0 Å². The van der Waals surface area contributed by atoms with Gasteiger partial charge in [-0.1, -0.05) is 24.3 Å². The van der Waals surface area contributed by atoms with Crippen LogP contribution in [0, 0.1) is 82.9 Å². The van der Waals surface area contributed by atoms with E-state index in [9.17, 15) is 4.79 Å². The van der Waals surface area contributed by atoms with Gasteiger partial charge in [-0.2, -0.15) is 0 Å². The molecule has 0 radical (unpaired) electrons. The van der Waals surface area contributed by atoms with Crippen LogP contribution in [0.1, 0.15) is 74.3 Å². The van der Waals surface area contributed by atoms with Gasteiger partial charge in [-0.15, -0.1) is 0 Å². The zero-order valence-corrected chi connectivity index (χ0v) is 23.9. The first-order valence-electron chi connectivity index (χ1n) is 16.9. The first-order valence-corrected chi connectivity index (χ1v) is 16.9. The molecule has 3 heteroatoms. The second-order valence-electron chi connectivity index (χ2n) is 16.0. The number of Topliss-reactive ketones (excluding diaryl/α,β-unsaturated/α-hetero) is 1. The number of methoxy groups -OCH3 is 2. The Hall–Kier alpha value is -2.03. The maximum Gasteiger partial charge on any atom is 0.139 e. The molecule has 0 spiro atoms. The van der Waals surface area contributed by atoms with Gasteiger partial charge < -0.3 is 9.47 Å². The monoisotopic (exact) mass is 534 g/mol. The molecule has 208 valence electrons. The highest BCUT2D eigenvalue weighted by atomic mass is 16.5. The molecule has 8 saturated carbocycles. The van der Waals surface area contributed by atoms with Crippen molar-refractivity contribution in [3.8, 4) is 11.5 Å². The third-order valence-corrected chi connectivity index (χ3v) is 15.9. The molecular weight excluding hydrogens is 492 g/mol. The SMILES string of the molecule is COc1c2c(c(OC)c3ccccc13)[C@@H]1CC[C@H]2C2C1[C@@H]1C[C@H]2C2CC3C(CC21)[C@@H]1C[C@H]3C2C1[C@@H]1CC[C@H]2C1=O. The standard InChI is InChI=1S/C37H42O3/c1-39-36-15-5-3-4-6-16(15)37(40-2)34-18-8-7-17(33(34)36)29-25-13-26(30(18)29)22-12-24-23(11-21(22)25)27-14-28(24)32-20-10-9-19(31(27)32)35(20)38/h3-6,17-32H,7-14H2,1-2H3/t17-,18+,19+,20-,21?,22?,23?,24?,25-,26+,27+,28-,29?,30?,31?,32?. The van der Waals surface area contributed by atoms with Gasteiger partial charge in [0.25, 0.3) is 0 Å². The molecule has 40 heavy (non-hydrogen) atoms. The predicted octanol–water partition coefficient (Wildman–Crippen LogP) is 7.46. The molecule has 0 saturated heterocycles. The molecule has 0 heterocycles. The van der Waals surface area contributed by atoms with Gasteiger partial charge in [0, 0.05) is 33.7 Å². The topological polar surface area (TPSA) is 35.5 Å². The maximum atomic E-state index is 13.1. The largest absolute Gasteiger partial charge is 0.496 e. The summed E-state index contributed by atoms with van der Waals surface area (Å²) in [4.78, 5) is 13.1. The maximum absolute atomic E-state index is 13.1. The summed E-state index contributed by atoms with van der Waals surface area (Å²) < 4.78 is 12.6. The Balaban J connectivity index is 1.00. The number of benzene rings is 2. The van der Waals surface area contributed by atoms with E-state index in [4.69, 9.17) is 9.47 Å². The van der Waals surface area contributed by atoms with Crippen molar-refractivity contribution in [2.75, 3.05) is 14.2 Å². The Labute approximate surface area is 237 Å². The second kappa shape index (κ2) is 7.30. The fourth-order valence-corrected chi connectivity index (χ4v) is 15.5. The Morgan fingerprint density at radius 2 is 0.875 bits per heavy atom. The van der Waals surface area contributed by atoms with Crippen molar-refractivity contribution in [3.63, 3.8) is 0 Å². The van der Waals surface area contributed by atoms with Crippen LogP contribution in [0.25, 0.3) is 10.8 Å². The molecule has 16 atom stereocenters. The van der Waals surface area contributed by atoms with Gasteiger partial charge in [-0.3, -0.25) is 4.79 Å². The number of carbonyl (C=O) groups excluding carboxylic acids is 1. The van der Waals surface area contributed by atoms with Gasteiger partial charge in [0.15, 0.2) is 0 Å². The molecule has 8 unspecified atom stereocenters. The van der Waals surface area contributed by atoms with Crippen molar-refractivity contribution in [2.45, 2.75) is 63.2 Å². The van der Waals surface area contributed by atoms with Crippen LogP contribution < -0.4 is 9.47 Å². The fourth-order valence-electron chi connectivity index (χ4n) is 15.5. The molecular formula is C37H42O3. The van der Waals surface area contributed by atoms with Crippen LogP contribution in [0.5, 0.6) is 11.5 Å². The van der Waals surface area contributed by atoms with E-state index in [1.165, 1.54) is 73.3 Å². The molecule has 10 aliphatic rings. The highest BCUT2D eigenvalue weighted by Gasteiger charge is 2.72. The van der Waals surface area contributed by atoms with Crippen molar-refractivity contribution < 1.29 is 14.3 Å². The van der Waals surface area contributed by atoms with E-state index in [1.807, 2.05) is 14.2 Å². The van der Waals surface area contributed by atoms with E-state index in [-0.39, 0.29) is 0 Å². The molecule has 2 aromatic carbocycles. The number of ketones is 1. The molecule has 8 fully saturated rings. The van der Waals surface area contributed by atoms with Crippen LogP contribution in [0.2, 0.25) is 0 Å². The van der Waals surface area contributed by atoms with E-state index in [1.54, 1.807) is 0 Å². The first-order chi connectivity index (χ1) is 19.7. The van der Waals surface area contributed by atoms with E-state index in [0.29, 0.717) is 29.5 Å². The minimum atomic E-state index is 0.468. The molecule has 0 aromatic heterocycles. The van der Waals surface area contributed by atoms with Crippen molar-refractivity contribution in [1.29, 1.82) is 0 Å². The second-order valence-corrected chi connectivity index (χ2v) is 16.0. The number of fused-ring (bicyclic) bond motifs is 19. The summed E-state index contributed by atoms with van der Waals surface area (Å²) in [6.45, 7) is 0. The quantitative estimate of drug-likeness (QED) is 0.375. The minimum absolute atomic E-state index is 0.468. The number of hydrogen-bond donors (Lipinski definition) is 0. The Morgan fingerprint density at radius 3 is 1.27 bits per heavy atom. The van der Waals surface area contributed by atoms with E-state index >= 15 is 0 Å². The average molecular weight is 535 g/mol. The summed E-state index contributed by atoms with van der Waals surface area (Å²) in [6.07, 6.45) is 11.1. The lowest BCUT2D eigenvalue weighted by molar-refractivity contribution is -0.122. The van der Waals surface area contributed by atoms with Crippen LogP contribution in [0.4, 0.5) is 0 Å². The Kier molecular flexibility index (Phi) is 4.11.